The Bertz CT molecular complexity index is 334. The van der Waals surface area contributed by atoms with Crippen molar-refractivity contribution in [2.24, 2.45) is 12.8 Å². The molecule has 0 radical (unpaired) electrons. The van der Waals surface area contributed by atoms with Crippen LogP contribution in [0.2, 0.25) is 0 Å². The van der Waals surface area contributed by atoms with Gasteiger partial charge >= 0.3 is 0 Å². The van der Waals surface area contributed by atoms with Gasteiger partial charge in [0.2, 0.25) is 0 Å². The third kappa shape index (κ3) is 2.34. The fourth-order valence-corrected chi connectivity index (χ4v) is 3.15. The van der Waals surface area contributed by atoms with E-state index in [1.165, 1.54) is 0 Å². The lowest BCUT2D eigenvalue weighted by Crippen LogP contribution is -2.11. The molecule has 0 aliphatic carbocycles. The second-order valence-electron chi connectivity index (χ2n) is 2.58. The smallest absolute Gasteiger partial charge is 0.0999 e. The molecule has 1 rings (SSSR count). The van der Waals surface area contributed by atoms with Crippen LogP contribution in [-0.2, 0) is 13.5 Å². The van der Waals surface area contributed by atoms with Gasteiger partial charge in [0.1, 0.15) is 0 Å². The van der Waals surface area contributed by atoms with Crippen LogP contribution >= 0.6 is 60.0 Å². The van der Waals surface area contributed by atoms with Crippen LogP contribution in [0.4, 0.5) is 0 Å². The first-order valence-corrected chi connectivity index (χ1v) is 6.20. The summed E-state index contributed by atoms with van der Waals surface area (Å²) < 4.78 is 4.93. The molecule has 0 spiro atoms. The van der Waals surface area contributed by atoms with Crippen molar-refractivity contribution < 1.29 is 0 Å². The van der Waals surface area contributed by atoms with Crippen LogP contribution in [0.15, 0.2) is 13.7 Å². The Morgan fingerprint density at radius 2 is 1.92 bits per heavy atom. The van der Waals surface area contributed by atoms with Crippen LogP contribution in [0.5, 0.6) is 0 Å². The van der Waals surface area contributed by atoms with E-state index in [0.29, 0.717) is 11.4 Å². The zero-order chi connectivity index (χ0) is 10.2. The van der Waals surface area contributed by atoms with Crippen molar-refractivity contribution in [1.29, 1.82) is 0 Å². The third-order valence-corrected chi connectivity index (χ3v) is 5.10. The minimum Gasteiger partial charge on any atom is -0.393 e. The predicted molar refractivity (Wildman–Crippen MR) is 69.0 cm³/mol. The lowest BCUT2D eigenvalue weighted by Gasteiger charge is -1.98. The van der Waals surface area contributed by atoms with Gasteiger partial charge < -0.3 is 10.3 Å². The molecule has 6 heteroatoms. The average Bonchev–Trinajstić information content (AvgIpc) is 2.22. The van der Waals surface area contributed by atoms with Gasteiger partial charge in [0.15, 0.2) is 0 Å². The number of nitrogens with two attached hydrogens (primary N) is 1. The highest BCUT2D eigenvalue weighted by atomic mass is 79.9. The standard InChI is InChI=1S/C7H7Br3N2S/c1-12-6(9)3(2-4(11)13)5(8)7(12)10/h2H2,1H3,(H2,11,13). The van der Waals surface area contributed by atoms with Gasteiger partial charge in [-0.1, -0.05) is 12.2 Å². The van der Waals surface area contributed by atoms with Crippen LogP contribution < -0.4 is 5.73 Å². The van der Waals surface area contributed by atoms with Crippen LogP contribution in [0.3, 0.4) is 0 Å². The molecule has 0 fully saturated rings. The summed E-state index contributed by atoms with van der Waals surface area (Å²) in [5, 5.41) is 0. The summed E-state index contributed by atoms with van der Waals surface area (Å²) in [6.07, 6.45) is 0.593. The monoisotopic (exact) mass is 388 g/mol. The summed E-state index contributed by atoms with van der Waals surface area (Å²) in [4.78, 5) is 0.486. The normalized spacial score (nSPS) is 10.5. The molecule has 1 heterocycles. The lowest BCUT2D eigenvalue weighted by molar-refractivity contribution is 0.871. The van der Waals surface area contributed by atoms with E-state index in [9.17, 15) is 0 Å². The maximum Gasteiger partial charge on any atom is 0.0999 e. The molecule has 1 aromatic heterocycles. The van der Waals surface area contributed by atoms with Crippen molar-refractivity contribution in [2.75, 3.05) is 0 Å². The van der Waals surface area contributed by atoms with Crippen LogP contribution in [0.1, 0.15) is 5.56 Å². The number of halogens is 3. The Hall–Kier alpha value is 0.610. The van der Waals surface area contributed by atoms with Gasteiger partial charge in [-0.3, -0.25) is 0 Å². The second kappa shape index (κ2) is 4.42. The molecular weight excluding hydrogens is 384 g/mol. The Morgan fingerprint density at radius 1 is 1.38 bits per heavy atom. The Morgan fingerprint density at radius 3 is 2.23 bits per heavy atom. The maximum absolute atomic E-state index is 5.49. The van der Waals surface area contributed by atoms with Crippen LogP contribution in [0, 0.1) is 0 Å². The summed E-state index contributed by atoms with van der Waals surface area (Å²) in [6.45, 7) is 0. The van der Waals surface area contributed by atoms with E-state index in [-0.39, 0.29) is 0 Å². The average molecular weight is 391 g/mol. The predicted octanol–water partition coefficient (Wildman–Crippen LogP) is 3.14. The van der Waals surface area contributed by atoms with E-state index in [2.05, 4.69) is 47.8 Å². The molecule has 0 saturated heterocycles. The lowest BCUT2D eigenvalue weighted by atomic mass is 10.2. The van der Waals surface area contributed by atoms with Crippen LogP contribution in [0.25, 0.3) is 0 Å². The molecular formula is C7H7Br3N2S. The van der Waals surface area contributed by atoms with E-state index in [0.717, 1.165) is 19.2 Å². The third-order valence-electron chi connectivity index (χ3n) is 1.64. The molecule has 0 aliphatic rings. The van der Waals surface area contributed by atoms with Crippen molar-refractivity contribution in [3.63, 3.8) is 0 Å². The fourth-order valence-electron chi connectivity index (χ4n) is 0.976. The van der Waals surface area contributed by atoms with Crippen molar-refractivity contribution in [3.8, 4) is 0 Å². The first-order valence-electron chi connectivity index (χ1n) is 3.41. The van der Waals surface area contributed by atoms with Crippen molar-refractivity contribution in [3.05, 3.63) is 19.2 Å². The molecule has 2 nitrogen and oxygen atoms in total. The first kappa shape index (κ1) is 11.7. The van der Waals surface area contributed by atoms with Crippen molar-refractivity contribution in [2.45, 2.75) is 6.42 Å². The second-order valence-corrected chi connectivity index (χ2v) is 5.40. The van der Waals surface area contributed by atoms with E-state index in [4.69, 9.17) is 18.0 Å². The Balaban J connectivity index is 3.21. The number of nitrogens with zero attached hydrogens (tertiary/aromatic N) is 1. The van der Waals surface area contributed by atoms with E-state index < -0.39 is 0 Å². The van der Waals surface area contributed by atoms with E-state index >= 15 is 0 Å². The minimum absolute atomic E-state index is 0.486. The SMILES string of the molecule is Cn1c(Br)c(Br)c(CC(N)=S)c1Br. The number of thiocarbonyl (C=S) groups is 1. The Labute approximate surface area is 107 Å². The highest BCUT2D eigenvalue weighted by Gasteiger charge is 2.15. The van der Waals surface area contributed by atoms with Gasteiger partial charge in [-0.25, -0.2) is 0 Å². The summed E-state index contributed by atoms with van der Waals surface area (Å²) in [7, 11) is 1.95. The number of hydrogen-bond donors (Lipinski definition) is 1. The van der Waals surface area contributed by atoms with Gasteiger partial charge in [0.05, 0.1) is 18.7 Å². The minimum atomic E-state index is 0.486. The largest absolute Gasteiger partial charge is 0.393 e. The molecule has 13 heavy (non-hydrogen) atoms. The van der Waals surface area contributed by atoms with Crippen LogP contribution in [-0.4, -0.2) is 9.56 Å². The number of hydrogen-bond acceptors (Lipinski definition) is 1. The molecule has 0 atom stereocenters. The molecule has 0 aliphatic heterocycles. The number of rotatable bonds is 2. The first-order chi connectivity index (χ1) is 5.95. The molecule has 0 amide bonds. The van der Waals surface area contributed by atoms with Gasteiger partial charge in [-0.2, -0.15) is 0 Å². The highest BCUT2D eigenvalue weighted by Crippen LogP contribution is 2.35. The van der Waals surface area contributed by atoms with Gasteiger partial charge in [-0.15, -0.1) is 0 Å². The summed E-state index contributed by atoms with van der Waals surface area (Å²) >= 11 is 15.2. The molecule has 0 bridgehead atoms. The van der Waals surface area contributed by atoms with E-state index in [1.54, 1.807) is 0 Å². The zero-order valence-corrected chi connectivity index (χ0v) is 12.3. The van der Waals surface area contributed by atoms with Crippen molar-refractivity contribution >= 4 is 65.0 Å². The quantitative estimate of drug-likeness (QED) is 0.786. The van der Waals surface area contributed by atoms with Gasteiger partial charge in [0, 0.05) is 19.0 Å². The molecule has 0 saturated carbocycles. The maximum atomic E-state index is 5.49. The molecule has 1 aromatic rings. The fraction of sp³-hybridized carbons (Fsp3) is 0.286. The van der Waals surface area contributed by atoms with Gasteiger partial charge in [-0.05, 0) is 47.8 Å². The van der Waals surface area contributed by atoms with Gasteiger partial charge in [0.25, 0.3) is 0 Å². The molecule has 0 unspecified atom stereocenters. The summed E-state index contributed by atoms with van der Waals surface area (Å²) in [5.41, 5.74) is 6.56. The topological polar surface area (TPSA) is 30.9 Å². The Kier molecular flexibility index (Phi) is 3.97. The van der Waals surface area contributed by atoms with E-state index in [1.807, 2.05) is 11.6 Å². The number of aromatic nitrogens is 1. The molecule has 72 valence electrons. The summed E-state index contributed by atoms with van der Waals surface area (Å²) in [6, 6.07) is 0. The summed E-state index contributed by atoms with van der Waals surface area (Å²) in [5.74, 6) is 0. The molecule has 2 N–H and O–H groups in total. The van der Waals surface area contributed by atoms with Crippen molar-refractivity contribution in [1.82, 2.24) is 4.57 Å². The highest BCUT2D eigenvalue weighted by molar-refractivity contribution is 9.13. The zero-order valence-electron chi connectivity index (χ0n) is 6.77. The molecule has 0 aromatic carbocycles.